The highest BCUT2D eigenvalue weighted by Gasteiger charge is 2.18. The average molecular weight is 484 g/mol. The van der Waals surface area contributed by atoms with E-state index in [1.165, 1.54) is 11.3 Å². The summed E-state index contributed by atoms with van der Waals surface area (Å²) in [4.78, 5) is 37.3. The topological polar surface area (TPSA) is 83.8 Å². The molecule has 7 nitrogen and oxygen atoms in total. The normalized spacial score (nSPS) is 10.7. The van der Waals surface area contributed by atoms with Gasteiger partial charge in [0.25, 0.3) is 0 Å². The number of aromatic nitrogens is 1. The number of thiophene rings is 1. The molecule has 0 amide bonds. The molecule has 0 radical (unpaired) electrons. The number of methoxy groups -OCH3 is 2. The molecular weight excluding hydrogens is 454 g/mol. The van der Waals surface area contributed by atoms with E-state index in [0.29, 0.717) is 28.5 Å². The Balaban J connectivity index is 1.55. The Morgan fingerprint density at radius 3 is 2.38 bits per heavy atom. The van der Waals surface area contributed by atoms with Gasteiger partial charge in [0.15, 0.2) is 23.9 Å². The average Bonchev–Trinajstić information content (AvgIpc) is 3.48. The molecule has 0 atom stereocenters. The molecule has 0 bridgehead atoms. The summed E-state index contributed by atoms with van der Waals surface area (Å²) in [5, 5.41) is 1.81. The Kier molecular flexibility index (Phi) is 8.65. The first-order chi connectivity index (χ1) is 16.3. The lowest BCUT2D eigenvalue weighted by molar-refractivity contribution is -0.142. The number of benzene rings is 1. The molecule has 2 heterocycles. The first-order valence-electron chi connectivity index (χ1n) is 11.0. The number of esters is 1. The number of hydrogen-bond acceptors (Lipinski definition) is 7. The molecule has 0 N–H and O–H groups in total. The maximum Gasteiger partial charge on any atom is 0.306 e. The van der Waals surface area contributed by atoms with Crippen molar-refractivity contribution in [3.05, 3.63) is 69.2 Å². The van der Waals surface area contributed by atoms with Gasteiger partial charge in [0.05, 0.1) is 25.5 Å². The van der Waals surface area contributed by atoms with E-state index in [-0.39, 0.29) is 31.0 Å². The molecule has 1 aromatic carbocycles. The molecule has 0 unspecified atom stereocenters. The summed E-state index contributed by atoms with van der Waals surface area (Å²) >= 11 is 1.34. The third-order valence-electron chi connectivity index (χ3n) is 5.66. The molecule has 0 aliphatic carbocycles. The molecule has 0 saturated heterocycles. The van der Waals surface area contributed by atoms with E-state index in [0.717, 1.165) is 23.4 Å². The number of hydrogen-bond donors (Lipinski definition) is 0. The number of carbonyl (C=O) groups excluding carboxylic acids is 3. The summed E-state index contributed by atoms with van der Waals surface area (Å²) in [6.07, 6.45) is 0.768. The summed E-state index contributed by atoms with van der Waals surface area (Å²) in [5.74, 6) is 0.439. The zero-order valence-corrected chi connectivity index (χ0v) is 20.7. The van der Waals surface area contributed by atoms with Crippen LogP contribution in [0.1, 0.15) is 49.8 Å². The minimum absolute atomic E-state index is 0.0473. The Labute approximate surface area is 203 Å². The van der Waals surface area contributed by atoms with Crippen molar-refractivity contribution in [2.75, 3.05) is 20.8 Å². The van der Waals surface area contributed by atoms with E-state index < -0.39 is 5.97 Å². The van der Waals surface area contributed by atoms with Crippen molar-refractivity contribution in [1.29, 1.82) is 0 Å². The van der Waals surface area contributed by atoms with Crippen LogP contribution in [0.5, 0.6) is 11.5 Å². The van der Waals surface area contributed by atoms with Gasteiger partial charge in [-0.15, -0.1) is 11.3 Å². The SMILES string of the molecule is COc1ccc(CCn2c(C)cc(C(=O)COC(=O)CCC(=O)c3cccs3)c2C)cc1OC. The fourth-order valence-electron chi connectivity index (χ4n) is 3.78. The summed E-state index contributed by atoms with van der Waals surface area (Å²) < 4.78 is 17.9. The van der Waals surface area contributed by atoms with E-state index in [1.807, 2.05) is 43.5 Å². The number of nitrogens with zero attached hydrogens (tertiary/aromatic N) is 1. The van der Waals surface area contributed by atoms with E-state index in [9.17, 15) is 14.4 Å². The van der Waals surface area contributed by atoms with Gasteiger partial charge in [0.1, 0.15) is 0 Å². The maximum atomic E-state index is 12.7. The van der Waals surface area contributed by atoms with Gasteiger partial charge in [-0.3, -0.25) is 14.4 Å². The summed E-state index contributed by atoms with van der Waals surface area (Å²) in [6, 6.07) is 11.1. The predicted octanol–water partition coefficient (Wildman–Crippen LogP) is 4.82. The zero-order chi connectivity index (χ0) is 24.7. The van der Waals surface area contributed by atoms with E-state index in [4.69, 9.17) is 14.2 Å². The van der Waals surface area contributed by atoms with Crippen LogP contribution in [0.15, 0.2) is 41.8 Å². The van der Waals surface area contributed by atoms with E-state index >= 15 is 0 Å². The highest BCUT2D eigenvalue weighted by Crippen LogP contribution is 2.28. The predicted molar refractivity (Wildman–Crippen MR) is 130 cm³/mol. The molecule has 0 aliphatic heterocycles. The van der Waals surface area contributed by atoms with Crippen LogP contribution in [0.25, 0.3) is 0 Å². The number of Topliss-reactive ketones (excluding diaryl/α,β-unsaturated/α-hetero) is 2. The van der Waals surface area contributed by atoms with Gasteiger partial charge in [-0.25, -0.2) is 0 Å². The van der Waals surface area contributed by atoms with Crippen molar-refractivity contribution in [3.8, 4) is 11.5 Å². The molecule has 3 rings (SSSR count). The van der Waals surface area contributed by atoms with Crippen LogP contribution in [-0.4, -0.2) is 42.9 Å². The first-order valence-corrected chi connectivity index (χ1v) is 11.8. The fraction of sp³-hybridized carbons (Fsp3) is 0.346. The third-order valence-corrected chi connectivity index (χ3v) is 6.57. The van der Waals surface area contributed by atoms with E-state index in [1.54, 1.807) is 26.4 Å². The van der Waals surface area contributed by atoms with Gasteiger partial charge >= 0.3 is 5.97 Å². The minimum atomic E-state index is -0.555. The highest BCUT2D eigenvalue weighted by atomic mass is 32.1. The van der Waals surface area contributed by atoms with Gasteiger partial charge in [-0.05, 0) is 55.5 Å². The van der Waals surface area contributed by atoms with E-state index in [2.05, 4.69) is 4.57 Å². The molecule has 180 valence electrons. The lowest BCUT2D eigenvalue weighted by Crippen LogP contribution is -2.16. The van der Waals surface area contributed by atoms with Crippen molar-refractivity contribution in [1.82, 2.24) is 4.57 Å². The Hall–Kier alpha value is -3.39. The summed E-state index contributed by atoms with van der Waals surface area (Å²) in [5.41, 5.74) is 3.40. The van der Waals surface area contributed by atoms with Crippen LogP contribution in [0, 0.1) is 13.8 Å². The Morgan fingerprint density at radius 1 is 0.941 bits per heavy atom. The van der Waals surface area contributed by atoms with Crippen LogP contribution >= 0.6 is 11.3 Å². The number of rotatable bonds is 12. The molecule has 0 spiro atoms. The molecule has 8 heteroatoms. The number of aryl methyl sites for hydroxylation is 2. The third kappa shape index (κ3) is 6.14. The summed E-state index contributed by atoms with van der Waals surface area (Å²) in [6.45, 7) is 4.17. The minimum Gasteiger partial charge on any atom is -0.493 e. The van der Waals surface area contributed by atoms with Gasteiger partial charge in [0, 0.05) is 29.9 Å². The number of ketones is 2. The van der Waals surface area contributed by atoms with Gasteiger partial charge < -0.3 is 18.8 Å². The largest absolute Gasteiger partial charge is 0.493 e. The molecule has 0 fully saturated rings. The number of ether oxygens (including phenoxy) is 3. The van der Waals surface area contributed by atoms with Crippen LogP contribution in [0.3, 0.4) is 0 Å². The summed E-state index contributed by atoms with van der Waals surface area (Å²) in [7, 11) is 3.21. The van der Waals surface area contributed by atoms with Crippen LogP contribution in [0.2, 0.25) is 0 Å². The molecule has 2 aromatic heterocycles. The van der Waals surface area contributed by atoms with Crippen molar-refractivity contribution in [2.45, 2.75) is 39.7 Å². The Morgan fingerprint density at radius 2 is 1.71 bits per heavy atom. The second-order valence-corrected chi connectivity index (χ2v) is 8.81. The van der Waals surface area contributed by atoms with Gasteiger partial charge in [-0.2, -0.15) is 0 Å². The fourth-order valence-corrected chi connectivity index (χ4v) is 4.47. The molecule has 34 heavy (non-hydrogen) atoms. The molecular formula is C26H29NO6S. The first kappa shape index (κ1) is 25.2. The highest BCUT2D eigenvalue weighted by molar-refractivity contribution is 7.12. The van der Waals surface area contributed by atoms with Gasteiger partial charge in [-0.1, -0.05) is 12.1 Å². The zero-order valence-electron chi connectivity index (χ0n) is 19.9. The molecule has 3 aromatic rings. The second kappa shape index (κ2) is 11.7. The molecule has 0 saturated carbocycles. The van der Waals surface area contributed by atoms with Crippen molar-refractivity contribution >= 4 is 28.9 Å². The van der Waals surface area contributed by atoms with Crippen molar-refractivity contribution in [3.63, 3.8) is 0 Å². The van der Waals surface area contributed by atoms with Crippen molar-refractivity contribution in [2.24, 2.45) is 0 Å². The van der Waals surface area contributed by atoms with Crippen LogP contribution < -0.4 is 9.47 Å². The Bertz CT molecular complexity index is 1160. The number of carbonyl (C=O) groups is 3. The quantitative estimate of drug-likeness (QED) is 0.271. The van der Waals surface area contributed by atoms with Gasteiger partial charge in [0.2, 0.25) is 5.78 Å². The smallest absolute Gasteiger partial charge is 0.306 e. The second-order valence-electron chi connectivity index (χ2n) is 7.86. The van der Waals surface area contributed by atoms with Crippen LogP contribution in [-0.2, 0) is 22.5 Å². The van der Waals surface area contributed by atoms with Crippen molar-refractivity contribution < 1.29 is 28.6 Å². The lowest BCUT2D eigenvalue weighted by Gasteiger charge is -2.12. The lowest BCUT2D eigenvalue weighted by atomic mass is 10.1. The van der Waals surface area contributed by atoms with Crippen LogP contribution in [0.4, 0.5) is 0 Å². The standard InChI is InChI=1S/C26H29NO6S/c1-17-14-20(22(29)16-33-26(30)10-8-21(28)25-6-5-13-34-25)18(2)27(17)12-11-19-7-9-23(31-3)24(15-19)32-4/h5-7,9,13-15H,8,10-12,16H2,1-4H3. The maximum absolute atomic E-state index is 12.7. The molecule has 0 aliphatic rings. The monoisotopic (exact) mass is 483 g/mol.